The third-order valence-corrected chi connectivity index (χ3v) is 10.5. The van der Waals surface area contributed by atoms with Gasteiger partial charge in [-0.15, -0.1) is 0 Å². The molecule has 0 saturated heterocycles. The maximum absolute atomic E-state index is 14.1. The zero-order chi connectivity index (χ0) is 39.1. The van der Waals surface area contributed by atoms with E-state index in [0.717, 1.165) is 57.3 Å². The van der Waals surface area contributed by atoms with E-state index < -0.39 is 23.5 Å². The molecule has 9 aromatic rings. The van der Waals surface area contributed by atoms with Crippen molar-refractivity contribution in [3.05, 3.63) is 167 Å². The molecule has 0 aliphatic carbocycles. The number of nitrogens with zero attached hydrogens (tertiary/aromatic N) is 3. The van der Waals surface area contributed by atoms with E-state index in [1.165, 1.54) is 6.07 Å². The molecule has 0 unspecified atom stereocenters. The van der Waals surface area contributed by atoms with Crippen LogP contribution in [0.15, 0.2) is 140 Å². The molecular formula is C47H29F6N3. The van der Waals surface area contributed by atoms with E-state index in [1.807, 2.05) is 54.0 Å². The fourth-order valence-corrected chi connectivity index (χ4v) is 8.01. The van der Waals surface area contributed by atoms with E-state index in [9.17, 15) is 31.6 Å². The highest BCUT2D eigenvalue weighted by Gasteiger charge is 2.32. The topological polar surface area (TPSA) is 33.6 Å². The molecule has 9 rings (SSSR count). The summed E-state index contributed by atoms with van der Waals surface area (Å²) in [7, 11) is 0. The van der Waals surface area contributed by atoms with Crippen LogP contribution in [0.1, 0.15) is 27.8 Å². The van der Waals surface area contributed by atoms with Crippen molar-refractivity contribution in [2.45, 2.75) is 26.2 Å². The lowest BCUT2D eigenvalue weighted by Gasteiger charge is -2.20. The Bertz CT molecular complexity index is 3100. The summed E-state index contributed by atoms with van der Waals surface area (Å²) in [5, 5.41) is 13.2. The lowest BCUT2D eigenvalue weighted by Crippen LogP contribution is -2.06. The molecule has 3 nitrogen and oxygen atoms in total. The van der Waals surface area contributed by atoms with Gasteiger partial charge in [-0.1, -0.05) is 66.2 Å². The molecule has 9 heteroatoms. The Morgan fingerprint density at radius 1 is 0.446 bits per heavy atom. The van der Waals surface area contributed by atoms with Crippen molar-refractivity contribution in [2.24, 2.45) is 0 Å². The Kier molecular flexibility index (Phi) is 7.89. The number of aryl methyl sites for hydroxylation is 2. The molecule has 0 fully saturated rings. The number of para-hydroxylation sites is 2. The first-order chi connectivity index (χ1) is 26.8. The molecule has 0 radical (unpaired) electrons. The van der Waals surface area contributed by atoms with Gasteiger partial charge in [0.2, 0.25) is 0 Å². The van der Waals surface area contributed by atoms with Gasteiger partial charge in [-0.2, -0.15) is 31.6 Å². The number of rotatable bonds is 4. The van der Waals surface area contributed by atoms with Crippen molar-refractivity contribution in [1.82, 2.24) is 9.13 Å². The number of alkyl halides is 6. The summed E-state index contributed by atoms with van der Waals surface area (Å²) in [4.78, 5) is 0. The van der Waals surface area contributed by atoms with Gasteiger partial charge in [0.15, 0.2) is 0 Å². The van der Waals surface area contributed by atoms with Gasteiger partial charge in [0.05, 0.1) is 56.2 Å². The van der Waals surface area contributed by atoms with Gasteiger partial charge < -0.3 is 9.13 Å². The van der Waals surface area contributed by atoms with Crippen molar-refractivity contribution in [2.75, 3.05) is 0 Å². The molecule has 0 bridgehead atoms. The molecule has 0 amide bonds. The van der Waals surface area contributed by atoms with E-state index in [1.54, 1.807) is 55.5 Å². The van der Waals surface area contributed by atoms with Crippen LogP contribution in [0.25, 0.3) is 77.2 Å². The predicted octanol–water partition coefficient (Wildman–Crippen LogP) is 13.7. The molecule has 56 heavy (non-hydrogen) atoms. The standard InChI is InChI=1S/C47H29F6N3/c1-27-11-16-42-37(21-27)34-7-3-5-9-40(34)55(42)43-17-12-29(26-54)22-38(43)36-15-13-30(31-19-28(2)20-33(23-31)47(51,52)53)24-45(36)56-41-10-6-4-8-35(41)39-25-32(46(48,49)50)14-18-44(39)56/h3-25H,1-2H3. The van der Waals surface area contributed by atoms with Crippen LogP contribution >= 0.6 is 0 Å². The third kappa shape index (κ3) is 5.68. The van der Waals surface area contributed by atoms with Crippen LogP contribution in [0.3, 0.4) is 0 Å². The molecule has 274 valence electrons. The first-order valence-corrected chi connectivity index (χ1v) is 17.8. The number of nitriles is 1. The zero-order valence-electron chi connectivity index (χ0n) is 29.9. The largest absolute Gasteiger partial charge is 0.416 e. The van der Waals surface area contributed by atoms with Crippen LogP contribution in [0.4, 0.5) is 26.3 Å². The molecule has 0 spiro atoms. The molecule has 0 aliphatic heterocycles. The second-order valence-electron chi connectivity index (χ2n) is 14.1. The van der Waals surface area contributed by atoms with Crippen LogP contribution in [-0.2, 0) is 12.4 Å². The highest BCUT2D eigenvalue weighted by molar-refractivity contribution is 6.12. The van der Waals surface area contributed by atoms with E-state index in [0.29, 0.717) is 60.9 Å². The van der Waals surface area contributed by atoms with Gasteiger partial charge in [-0.05, 0) is 109 Å². The maximum Gasteiger partial charge on any atom is 0.416 e. The smallest absolute Gasteiger partial charge is 0.309 e. The third-order valence-electron chi connectivity index (χ3n) is 10.5. The average Bonchev–Trinajstić information content (AvgIpc) is 3.68. The average molecular weight is 750 g/mol. The molecule has 7 aromatic carbocycles. The maximum atomic E-state index is 14.1. The van der Waals surface area contributed by atoms with Crippen molar-refractivity contribution < 1.29 is 26.3 Å². The van der Waals surface area contributed by atoms with Crippen molar-refractivity contribution >= 4 is 43.6 Å². The molecule has 0 atom stereocenters. The number of hydrogen-bond donors (Lipinski definition) is 0. The highest BCUT2D eigenvalue weighted by Crippen LogP contribution is 2.44. The summed E-state index contributed by atoms with van der Waals surface area (Å²) in [5.74, 6) is 0. The van der Waals surface area contributed by atoms with Gasteiger partial charge >= 0.3 is 12.4 Å². The van der Waals surface area contributed by atoms with Gasteiger partial charge in [-0.3, -0.25) is 0 Å². The molecule has 2 aromatic heterocycles. The number of hydrogen-bond acceptors (Lipinski definition) is 1. The second kappa shape index (κ2) is 12.6. The summed E-state index contributed by atoms with van der Waals surface area (Å²) in [6.45, 7) is 3.63. The molecular weight excluding hydrogens is 721 g/mol. The first kappa shape index (κ1) is 34.9. The van der Waals surface area contributed by atoms with Gasteiger partial charge in [-0.25, -0.2) is 0 Å². The number of halogens is 6. The van der Waals surface area contributed by atoms with Crippen LogP contribution in [0.5, 0.6) is 0 Å². The Labute approximate surface area is 316 Å². The second-order valence-corrected chi connectivity index (χ2v) is 14.1. The quantitative estimate of drug-likeness (QED) is 0.165. The van der Waals surface area contributed by atoms with E-state index in [-0.39, 0.29) is 0 Å². The Morgan fingerprint density at radius 3 is 1.71 bits per heavy atom. The van der Waals surface area contributed by atoms with Gasteiger partial charge in [0, 0.05) is 32.7 Å². The minimum atomic E-state index is -4.59. The van der Waals surface area contributed by atoms with E-state index in [2.05, 4.69) is 28.8 Å². The highest BCUT2D eigenvalue weighted by atomic mass is 19.4. The van der Waals surface area contributed by atoms with E-state index >= 15 is 0 Å². The summed E-state index contributed by atoms with van der Waals surface area (Å²) in [6, 6.07) is 41.9. The first-order valence-electron chi connectivity index (χ1n) is 17.8. The Balaban J connectivity index is 1.41. The fraction of sp³-hybridized carbons (Fsp3) is 0.0851. The summed E-state index contributed by atoms with van der Waals surface area (Å²) in [5.41, 5.74) is 6.53. The molecule has 0 aliphatic rings. The lowest BCUT2D eigenvalue weighted by atomic mass is 9.94. The van der Waals surface area contributed by atoms with Gasteiger partial charge in [0.1, 0.15) is 0 Å². The number of fused-ring (bicyclic) bond motifs is 6. The van der Waals surface area contributed by atoms with Crippen LogP contribution < -0.4 is 0 Å². The van der Waals surface area contributed by atoms with Crippen molar-refractivity contribution in [3.63, 3.8) is 0 Å². The summed E-state index contributed by atoms with van der Waals surface area (Å²) >= 11 is 0. The molecule has 2 heterocycles. The zero-order valence-corrected chi connectivity index (χ0v) is 29.9. The Hall–Kier alpha value is -6.79. The minimum absolute atomic E-state index is 0.328. The SMILES string of the molecule is Cc1cc(-c2ccc(-c3cc(C#N)ccc3-n3c4ccccc4c4cc(C)ccc43)c(-n3c4ccccc4c4cc(C(F)(F)F)ccc43)c2)cc(C(F)(F)F)c1. The molecule has 0 saturated carbocycles. The van der Waals surface area contributed by atoms with E-state index in [4.69, 9.17) is 0 Å². The minimum Gasteiger partial charge on any atom is -0.309 e. The number of benzene rings is 7. The normalized spacial score (nSPS) is 12.3. The van der Waals surface area contributed by atoms with Crippen LogP contribution in [0.2, 0.25) is 0 Å². The summed E-state index contributed by atoms with van der Waals surface area (Å²) in [6.07, 6.45) is -9.17. The van der Waals surface area contributed by atoms with Crippen LogP contribution in [0, 0.1) is 25.2 Å². The van der Waals surface area contributed by atoms with Crippen molar-refractivity contribution in [3.8, 4) is 39.7 Å². The van der Waals surface area contributed by atoms with Crippen LogP contribution in [-0.4, -0.2) is 9.13 Å². The molecule has 0 N–H and O–H groups in total. The predicted molar refractivity (Wildman–Crippen MR) is 210 cm³/mol. The monoisotopic (exact) mass is 749 g/mol. The van der Waals surface area contributed by atoms with Crippen molar-refractivity contribution in [1.29, 1.82) is 5.26 Å². The lowest BCUT2D eigenvalue weighted by molar-refractivity contribution is -0.138. The Morgan fingerprint density at radius 2 is 1.05 bits per heavy atom. The summed E-state index contributed by atoms with van der Waals surface area (Å²) < 4.78 is 88.6. The fourth-order valence-electron chi connectivity index (χ4n) is 8.01. The van der Waals surface area contributed by atoms with Gasteiger partial charge in [0.25, 0.3) is 0 Å². The number of aromatic nitrogens is 2.